The Morgan fingerprint density at radius 1 is 1.22 bits per heavy atom. The summed E-state index contributed by atoms with van der Waals surface area (Å²) in [4.78, 5) is 32.0. The number of hydrogen-bond donors (Lipinski definition) is 1. The van der Waals surface area contributed by atoms with Crippen LogP contribution in [-0.4, -0.2) is 45.9 Å². The second-order valence-corrected chi connectivity index (χ2v) is 14.5. The number of Topliss-reactive ketones (excluding diaryl/α,β-unsaturated/α-hetero) is 1. The van der Waals surface area contributed by atoms with E-state index >= 15 is 0 Å². The maximum Gasteiger partial charge on any atom is 0.246 e. The van der Waals surface area contributed by atoms with E-state index in [1.54, 1.807) is 16.2 Å². The lowest BCUT2D eigenvalue weighted by Gasteiger charge is -2.36. The molecule has 1 N–H and O–H groups in total. The summed E-state index contributed by atoms with van der Waals surface area (Å²) in [5.41, 5.74) is 5.90. The first-order valence-electron chi connectivity index (χ1n) is 15.0. The van der Waals surface area contributed by atoms with Gasteiger partial charge in [-0.3, -0.25) is 9.59 Å². The smallest absolute Gasteiger partial charge is 0.246 e. The van der Waals surface area contributed by atoms with Crippen LogP contribution in [0, 0.1) is 18.3 Å². The van der Waals surface area contributed by atoms with Crippen LogP contribution in [0.4, 0.5) is 4.39 Å². The van der Waals surface area contributed by atoms with Gasteiger partial charge in [0.05, 0.1) is 22.1 Å². The third-order valence-corrected chi connectivity index (χ3v) is 9.05. The molecule has 7 heteroatoms. The number of thiazole rings is 1. The Morgan fingerprint density at radius 2 is 1.88 bits per heavy atom. The number of aryl methyl sites for hydroxylation is 1. The number of amides is 1. The Hall–Kier alpha value is -2.54. The van der Waals surface area contributed by atoms with E-state index in [1.165, 1.54) is 28.5 Å². The van der Waals surface area contributed by atoms with Gasteiger partial charge in [0.15, 0.2) is 5.78 Å². The summed E-state index contributed by atoms with van der Waals surface area (Å²) in [6, 6.07) is 6.01. The van der Waals surface area contributed by atoms with Crippen LogP contribution in [0.2, 0.25) is 0 Å². The minimum atomic E-state index is -1.37. The van der Waals surface area contributed by atoms with E-state index in [-0.39, 0.29) is 17.7 Å². The maximum atomic E-state index is 14.1. The molecular formula is C34H50FN3O2S. The number of carbonyl (C=O) groups excluding carboxylic acids is 2. The van der Waals surface area contributed by atoms with E-state index in [1.807, 2.05) is 26.3 Å². The van der Waals surface area contributed by atoms with Crippen molar-refractivity contribution < 1.29 is 14.0 Å². The molecule has 1 aliphatic heterocycles. The SMILES string of the molecule is C=C(NC(C(=O)N1CCCC1C(C)=O)C(C)(C)C)C1(F)CC1.Cc1ncsc1-c1ccc(CC(C)C)c(C(C)C)c1. The zero-order valence-electron chi connectivity index (χ0n) is 26.6. The molecule has 1 saturated heterocycles. The fourth-order valence-corrected chi connectivity index (χ4v) is 6.26. The average Bonchev–Trinajstić information content (AvgIpc) is 3.26. The summed E-state index contributed by atoms with van der Waals surface area (Å²) < 4.78 is 14.1. The van der Waals surface area contributed by atoms with Crippen LogP contribution in [-0.2, 0) is 16.0 Å². The molecule has 2 fully saturated rings. The van der Waals surface area contributed by atoms with Crippen LogP contribution in [0.5, 0.6) is 0 Å². The molecule has 0 bridgehead atoms. The average molecular weight is 584 g/mol. The maximum absolute atomic E-state index is 14.1. The molecule has 2 heterocycles. The molecule has 1 saturated carbocycles. The molecule has 1 aliphatic carbocycles. The number of halogens is 1. The molecule has 4 rings (SSSR count). The second kappa shape index (κ2) is 13.2. The summed E-state index contributed by atoms with van der Waals surface area (Å²) in [6.45, 7) is 22.9. The second-order valence-electron chi connectivity index (χ2n) is 13.6. The standard InChI is InChI=1S/C17H27FN2O2.C17H23NS/c1-11(21)13-7-6-10-20(13)15(22)14(16(3,4)5)19-12(2)17(18)8-9-17;1-11(2)8-14-6-7-15(9-16(14)12(3)4)17-13(5)18-10-19-17/h13-14,19H,2,6-10H2,1,3-5H3;6-7,9-12H,8H2,1-5H3. The van der Waals surface area contributed by atoms with Gasteiger partial charge in [0.25, 0.3) is 0 Å². The van der Waals surface area contributed by atoms with E-state index in [0.717, 1.165) is 18.5 Å². The molecule has 0 radical (unpaired) electrons. The van der Waals surface area contributed by atoms with E-state index in [4.69, 9.17) is 0 Å². The lowest BCUT2D eigenvalue weighted by atomic mass is 9.85. The van der Waals surface area contributed by atoms with E-state index < -0.39 is 17.1 Å². The fourth-order valence-electron chi connectivity index (χ4n) is 5.46. The lowest BCUT2D eigenvalue weighted by Crippen LogP contribution is -2.55. The van der Waals surface area contributed by atoms with Crippen molar-refractivity contribution in [1.82, 2.24) is 15.2 Å². The number of nitrogens with one attached hydrogen (secondary N) is 1. The van der Waals surface area contributed by atoms with E-state index in [9.17, 15) is 14.0 Å². The van der Waals surface area contributed by atoms with Crippen molar-refractivity contribution in [2.24, 2.45) is 11.3 Å². The number of alkyl halides is 1. The third-order valence-electron chi connectivity index (χ3n) is 8.07. The first-order chi connectivity index (χ1) is 19.0. The molecule has 2 atom stereocenters. The molecule has 41 heavy (non-hydrogen) atoms. The first-order valence-corrected chi connectivity index (χ1v) is 15.9. The number of allylic oxidation sites excluding steroid dienone is 1. The Bertz CT molecular complexity index is 1240. The Morgan fingerprint density at radius 3 is 2.37 bits per heavy atom. The Labute approximate surface area is 251 Å². The van der Waals surface area contributed by atoms with Crippen molar-refractivity contribution in [3.63, 3.8) is 0 Å². The van der Waals surface area contributed by atoms with Gasteiger partial charge in [0.1, 0.15) is 11.7 Å². The highest BCUT2D eigenvalue weighted by molar-refractivity contribution is 7.13. The van der Waals surface area contributed by atoms with Gasteiger partial charge in [-0.05, 0) is 86.0 Å². The quantitative estimate of drug-likeness (QED) is 0.325. The van der Waals surface area contributed by atoms with Crippen LogP contribution >= 0.6 is 11.3 Å². The number of carbonyl (C=O) groups is 2. The number of benzene rings is 1. The van der Waals surface area contributed by atoms with Crippen molar-refractivity contribution in [3.8, 4) is 10.4 Å². The predicted molar refractivity (Wildman–Crippen MR) is 169 cm³/mol. The third kappa shape index (κ3) is 8.27. The minimum absolute atomic E-state index is 0.0153. The zero-order valence-corrected chi connectivity index (χ0v) is 27.4. The van der Waals surface area contributed by atoms with Gasteiger partial charge in [-0.15, -0.1) is 11.3 Å². The molecule has 5 nitrogen and oxygen atoms in total. The highest BCUT2D eigenvalue weighted by Crippen LogP contribution is 2.45. The van der Waals surface area contributed by atoms with Gasteiger partial charge in [-0.2, -0.15) is 0 Å². The summed E-state index contributed by atoms with van der Waals surface area (Å²) in [7, 11) is 0. The summed E-state index contributed by atoms with van der Waals surface area (Å²) in [6.07, 6.45) is 3.63. The molecule has 1 amide bonds. The zero-order chi connectivity index (χ0) is 30.7. The number of ketones is 1. The molecule has 1 aromatic heterocycles. The topological polar surface area (TPSA) is 62.3 Å². The van der Waals surface area contributed by atoms with Gasteiger partial charge in [-0.1, -0.05) is 67.2 Å². The number of rotatable bonds is 9. The van der Waals surface area contributed by atoms with Crippen LogP contribution in [0.1, 0.15) is 104 Å². The first kappa shape index (κ1) is 33.0. The predicted octanol–water partition coefficient (Wildman–Crippen LogP) is 8.03. The van der Waals surface area contributed by atoms with Crippen LogP contribution < -0.4 is 5.32 Å². The van der Waals surface area contributed by atoms with Crippen molar-refractivity contribution in [2.45, 2.75) is 118 Å². The van der Waals surface area contributed by atoms with Crippen molar-refractivity contribution in [1.29, 1.82) is 0 Å². The fraction of sp³-hybridized carbons (Fsp3) is 0.618. The van der Waals surface area contributed by atoms with Crippen LogP contribution in [0.15, 0.2) is 36.0 Å². The molecule has 2 aliphatic rings. The summed E-state index contributed by atoms with van der Waals surface area (Å²) in [5, 5.41) is 3.02. The molecule has 0 spiro atoms. The normalized spacial score (nSPS) is 18.6. The van der Waals surface area contributed by atoms with Crippen molar-refractivity contribution in [3.05, 3.63) is 52.8 Å². The largest absolute Gasteiger partial charge is 0.374 e. The van der Waals surface area contributed by atoms with Gasteiger partial charge < -0.3 is 10.2 Å². The van der Waals surface area contributed by atoms with Crippen molar-refractivity contribution >= 4 is 23.0 Å². The molecule has 226 valence electrons. The number of aromatic nitrogens is 1. The van der Waals surface area contributed by atoms with Gasteiger partial charge in [-0.25, -0.2) is 9.37 Å². The molecule has 2 unspecified atom stereocenters. The minimum Gasteiger partial charge on any atom is -0.374 e. The lowest BCUT2D eigenvalue weighted by molar-refractivity contribution is -0.140. The number of likely N-dealkylation sites (tertiary alicyclic amines) is 1. The van der Waals surface area contributed by atoms with Gasteiger partial charge in [0, 0.05) is 12.2 Å². The van der Waals surface area contributed by atoms with Gasteiger partial charge in [0.2, 0.25) is 5.91 Å². The van der Waals surface area contributed by atoms with Gasteiger partial charge >= 0.3 is 0 Å². The van der Waals surface area contributed by atoms with Crippen LogP contribution in [0.3, 0.4) is 0 Å². The highest BCUT2D eigenvalue weighted by atomic mass is 32.1. The van der Waals surface area contributed by atoms with E-state index in [2.05, 4.69) is 69.7 Å². The number of hydrogen-bond acceptors (Lipinski definition) is 5. The Balaban J connectivity index is 0.000000228. The summed E-state index contributed by atoms with van der Waals surface area (Å²) in [5.74, 6) is 1.16. The van der Waals surface area contributed by atoms with Crippen LogP contribution in [0.25, 0.3) is 10.4 Å². The molecule has 2 aromatic rings. The van der Waals surface area contributed by atoms with E-state index in [0.29, 0.717) is 43.3 Å². The Kier molecular flexibility index (Phi) is 10.6. The van der Waals surface area contributed by atoms with Crippen molar-refractivity contribution in [2.75, 3.05) is 6.54 Å². The highest BCUT2D eigenvalue weighted by Gasteiger charge is 2.49. The molecule has 1 aromatic carbocycles. The monoisotopic (exact) mass is 583 g/mol. The molecular weight excluding hydrogens is 533 g/mol. The summed E-state index contributed by atoms with van der Waals surface area (Å²) >= 11 is 1.73. The number of nitrogens with zero attached hydrogens (tertiary/aromatic N) is 2.